The van der Waals surface area contributed by atoms with Gasteiger partial charge in [-0.1, -0.05) is 18.2 Å². The van der Waals surface area contributed by atoms with Crippen molar-refractivity contribution in [3.05, 3.63) is 53.6 Å². The highest BCUT2D eigenvalue weighted by atomic mass is 32.2. The lowest BCUT2D eigenvalue weighted by molar-refractivity contribution is -0.193. The Kier molecular flexibility index (Phi) is 7.49. The third-order valence-corrected chi connectivity index (χ3v) is 8.03. The molecule has 206 valence electrons. The van der Waals surface area contributed by atoms with Gasteiger partial charge in [0.1, 0.15) is 0 Å². The van der Waals surface area contributed by atoms with Gasteiger partial charge in [0, 0.05) is 43.5 Å². The molecule has 0 saturated carbocycles. The highest BCUT2D eigenvalue weighted by Gasteiger charge is 2.54. The summed E-state index contributed by atoms with van der Waals surface area (Å²) in [6.45, 7) is 4.26. The number of anilines is 2. The van der Waals surface area contributed by atoms with E-state index >= 15 is 0 Å². The van der Waals surface area contributed by atoms with E-state index in [2.05, 4.69) is 21.0 Å². The first kappa shape index (κ1) is 27.9. The Hall–Kier alpha value is -3.13. The van der Waals surface area contributed by atoms with Crippen LogP contribution in [0.3, 0.4) is 0 Å². The second-order valence-electron chi connectivity index (χ2n) is 9.22. The summed E-state index contributed by atoms with van der Waals surface area (Å²) in [5.74, 6) is -5.71. The van der Waals surface area contributed by atoms with E-state index in [4.69, 9.17) is 0 Å². The molecule has 0 aromatic heterocycles. The lowest BCUT2D eigenvalue weighted by Gasteiger charge is -2.42. The quantitative estimate of drug-likeness (QED) is 0.434. The van der Waals surface area contributed by atoms with Crippen molar-refractivity contribution < 1.29 is 44.3 Å². The maximum atomic E-state index is 12.7. The number of fused-ring (bicyclic) bond motifs is 2. The van der Waals surface area contributed by atoms with Gasteiger partial charge in [-0.3, -0.25) is 14.3 Å². The van der Waals surface area contributed by atoms with Gasteiger partial charge in [0.25, 0.3) is 10.0 Å². The summed E-state index contributed by atoms with van der Waals surface area (Å²) >= 11 is 0. The molecule has 14 heteroatoms. The zero-order chi connectivity index (χ0) is 27.9. The highest BCUT2D eigenvalue weighted by Crippen LogP contribution is 2.46. The largest absolute Gasteiger partial charge is 0.458 e. The van der Waals surface area contributed by atoms with E-state index in [1.807, 2.05) is 12.1 Å². The molecule has 2 atom stereocenters. The van der Waals surface area contributed by atoms with Crippen LogP contribution in [0.25, 0.3) is 0 Å². The second kappa shape index (κ2) is 10.2. The van der Waals surface area contributed by atoms with Gasteiger partial charge >= 0.3 is 23.9 Å². The minimum atomic E-state index is -5.77. The number of halogens is 6. The van der Waals surface area contributed by atoms with E-state index < -0.39 is 33.9 Å². The fourth-order valence-corrected chi connectivity index (χ4v) is 6.10. The first-order valence-corrected chi connectivity index (χ1v) is 13.1. The lowest BCUT2D eigenvalue weighted by Crippen LogP contribution is -2.41. The normalized spacial score (nSPS) is 20.5. The molecule has 0 spiro atoms. The number of alkyl halides is 6. The number of carbonyl (C=O) groups excluding carboxylic acids is 2. The first-order chi connectivity index (χ1) is 17.7. The molecule has 7 nitrogen and oxygen atoms in total. The molecule has 3 heterocycles. The average molecular weight is 564 g/mol. The van der Waals surface area contributed by atoms with Crippen molar-refractivity contribution >= 4 is 33.0 Å². The molecular weight excluding hydrogens is 540 g/mol. The Morgan fingerprint density at radius 1 is 0.947 bits per heavy atom. The van der Waals surface area contributed by atoms with Crippen LogP contribution >= 0.6 is 0 Å². The number of rotatable bonds is 4. The summed E-state index contributed by atoms with van der Waals surface area (Å²) in [4.78, 5) is 22.0. The van der Waals surface area contributed by atoms with Crippen molar-refractivity contribution in [2.45, 2.75) is 36.0 Å². The Labute approximate surface area is 214 Å². The average Bonchev–Trinajstić information content (AvgIpc) is 3.32. The van der Waals surface area contributed by atoms with Crippen LogP contribution in [0.4, 0.5) is 37.7 Å². The van der Waals surface area contributed by atoms with E-state index in [1.165, 1.54) is 16.8 Å². The summed E-state index contributed by atoms with van der Waals surface area (Å²) in [6.07, 6.45) is -9.39. The van der Waals surface area contributed by atoms with E-state index in [0.29, 0.717) is 22.4 Å². The number of carbonyl (C=O) groups is 2. The van der Waals surface area contributed by atoms with E-state index in [9.17, 15) is 44.3 Å². The van der Waals surface area contributed by atoms with Crippen molar-refractivity contribution in [3.63, 3.8) is 0 Å². The number of hydrogen-bond acceptors (Lipinski definition) is 6. The molecule has 0 aliphatic carbocycles. The number of aryl methyl sites for hydroxylation is 1. The molecule has 0 amide bonds. The van der Waals surface area contributed by atoms with E-state index in [0.717, 1.165) is 39.0 Å². The van der Waals surface area contributed by atoms with E-state index in [-0.39, 0.29) is 0 Å². The van der Waals surface area contributed by atoms with Gasteiger partial charge in [0.05, 0.1) is 4.90 Å². The molecule has 0 bridgehead atoms. The number of Topliss-reactive ketones (excluding diaryl/α,β-unsaturated/α-hetero) is 2. The summed E-state index contributed by atoms with van der Waals surface area (Å²) < 4.78 is 95.3. The van der Waals surface area contributed by atoms with Crippen LogP contribution in [-0.2, 0) is 26.0 Å². The molecule has 3 aliphatic heterocycles. The molecule has 3 aliphatic rings. The monoisotopic (exact) mass is 563 g/mol. The van der Waals surface area contributed by atoms with Crippen LogP contribution < -0.4 is 14.9 Å². The van der Waals surface area contributed by atoms with Gasteiger partial charge in [-0.05, 0) is 54.2 Å². The molecule has 5 rings (SSSR count). The number of benzene rings is 2. The van der Waals surface area contributed by atoms with Gasteiger partial charge in [-0.25, -0.2) is 8.42 Å². The zero-order valence-electron chi connectivity index (χ0n) is 19.7. The van der Waals surface area contributed by atoms with Crippen molar-refractivity contribution in [3.8, 4) is 0 Å². The third-order valence-electron chi connectivity index (χ3n) is 6.63. The summed E-state index contributed by atoms with van der Waals surface area (Å²) in [6, 6.07) is 12.7. The lowest BCUT2D eigenvalue weighted by atomic mass is 9.80. The minimum Gasteiger partial charge on any atom is -0.371 e. The number of ketones is 2. The van der Waals surface area contributed by atoms with Gasteiger partial charge in [0.15, 0.2) is 0 Å². The van der Waals surface area contributed by atoms with Crippen LogP contribution in [-0.4, -0.2) is 58.5 Å². The Bertz CT molecular complexity index is 1310. The molecule has 2 N–H and O–H groups in total. The van der Waals surface area contributed by atoms with Gasteiger partial charge in [-0.15, -0.1) is 0 Å². The van der Waals surface area contributed by atoms with Crippen LogP contribution in [0.5, 0.6) is 0 Å². The van der Waals surface area contributed by atoms with Crippen molar-refractivity contribution in [1.82, 2.24) is 5.32 Å². The summed E-state index contributed by atoms with van der Waals surface area (Å²) in [5, 5.41) is 3.52. The van der Waals surface area contributed by atoms with Crippen LogP contribution in [0.1, 0.15) is 23.5 Å². The number of hydrogen-bond donors (Lipinski definition) is 2. The van der Waals surface area contributed by atoms with Crippen LogP contribution in [0, 0.1) is 5.92 Å². The number of nitrogens with one attached hydrogen (secondary N) is 2. The van der Waals surface area contributed by atoms with Crippen LogP contribution in [0.2, 0.25) is 0 Å². The predicted molar refractivity (Wildman–Crippen MR) is 125 cm³/mol. The fraction of sp³-hybridized carbons (Fsp3) is 0.417. The maximum absolute atomic E-state index is 12.7. The Balaban J connectivity index is 0.000000240. The molecule has 1 fully saturated rings. The van der Waals surface area contributed by atoms with Crippen LogP contribution in [0.15, 0.2) is 47.4 Å². The molecule has 38 heavy (non-hydrogen) atoms. The number of sulfonamides is 1. The molecular formula is C24H23F6N3O4S. The van der Waals surface area contributed by atoms with E-state index in [1.54, 1.807) is 24.3 Å². The fourth-order valence-electron chi connectivity index (χ4n) is 5.03. The third kappa shape index (κ3) is 5.80. The smallest absolute Gasteiger partial charge is 0.371 e. The topological polar surface area (TPSA) is 95.6 Å². The molecule has 0 radical (unpaired) electrons. The maximum Gasteiger partial charge on any atom is 0.458 e. The van der Waals surface area contributed by atoms with Gasteiger partial charge < -0.3 is 10.2 Å². The van der Waals surface area contributed by atoms with Crippen molar-refractivity contribution in [2.75, 3.05) is 35.8 Å². The summed E-state index contributed by atoms with van der Waals surface area (Å²) in [7, 11) is -3.56. The SMILES string of the molecule is O=C(C(=O)C(F)(F)F)C(F)(F)F.O=S(=O)(Nc1cc2c3c(c1)[C@@H]1CNC[C@@H]1CN3CCC2)c1ccccc1. The first-order valence-electron chi connectivity index (χ1n) is 11.6. The predicted octanol–water partition coefficient (Wildman–Crippen LogP) is 3.81. The second-order valence-corrected chi connectivity index (χ2v) is 10.9. The molecule has 2 aromatic carbocycles. The van der Waals surface area contributed by atoms with Gasteiger partial charge in [-0.2, -0.15) is 26.3 Å². The summed E-state index contributed by atoms with van der Waals surface area (Å²) in [5.41, 5.74) is 4.65. The standard InChI is InChI=1S/C20H23N3O2S.C4F6O2/c24-26(25,17-6-2-1-3-7-17)22-16-9-14-5-4-8-23-13-15-11-21-12-19(15)18(10-16)20(14)23;5-3(6,7)1(11)2(12)4(8,9)10/h1-3,6-7,9-10,15,19,21-22H,4-5,8,11-13H2;/t15-,19-;/m1./s1. The van der Waals surface area contributed by atoms with Gasteiger partial charge in [0.2, 0.25) is 0 Å². The number of nitrogens with zero attached hydrogens (tertiary/aromatic N) is 1. The molecule has 2 aromatic rings. The highest BCUT2D eigenvalue weighted by molar-refractivity contribution is 7.92. The van der Waals surface area contributed by atoms with Crippen molar-refractivity contribution in [2.24, 2.45) is 5.92 Å². The Morgan fingerprint density at radius 3 is 2.18 bits per heavy atom. The molecule has 0 unspecified atom stereocenters. The Morgan fingerprint density at radius 2 is 1.58 bits per heavy atom. The van der Waals surface area contributed by atoms with Crippen molar-refractivity contribution in [1.29, 1.82) is 0 Å². The zero-order valence-corrected chi connectivity index (χ0v) is 20.5. The molecule has 1 saturated heterocycles. The minimum absolute atomic E-state index is 0.299.